The van der Waals surface area contributed by atoms with Gasteiger partial charge in [-0.3, -0.25) is 4.79 Å². The summed E-state index contributed by atoms with van der Waals surface area (Å²) in [5.74, 6) is 0.391. The van der Waals surface area contributed by atoms with Crippen molar-refractivity contribution < 1.29 is 14.2 Å². The van der Waals surface area contributed by atoms with Crippen molar-refractivity contribution in [3.05, 3.63) is 11.6 Å². The third-order valence-corrected chi connectivity index (χ3v) is 4.31. The Bertz CT molecular complexity index is 565. The zero-order valence-electron chi connectivity index (χ0n) is 12.6. The Labute approximate surface area is 142 Å². The minimum atomic E-state index is -0.419. The Balaban J connectivity index is 0.00000121. The number of halogens is 2. The maximum atomic E-state index is 12.3. The first-order chi connectivity index (χ1) is 9.59. The molecule has 3 amide bonds. The van der Waals surface area contributed by atoms with E-state index in [0.717, 1.165) is 31.5 Å². The molecule has 0 bridgehead atoms. The lowest BCUT2D eigenvalue weighted by Gasteiger charge is -2.27. The van der Waals surface area contributed by atoms with Gasteiger partial charge in [-0.05, 0) is 37.4 Å². The zero-order valence-corrected chi connectivity index (χ0v) is 14.2. The summed E-state index contributed by atoms with van der Waals surface area (Å²) in [5, 5.41) is 3.33. The third kappa shape index (κ3) is 3.09. The SMILES string of the molecule is CN1C(=O)C2C=C(C3CCNCC3)C=NC2=[N+](C)C1=O.Cl.Cl. The number of hydrogen-bond acceptors (Lipinski definition) is 4. The van der Waals surface area contributed by atoms with Gasteiger partial charge in [0.25, 0.3) is 5.84 Å². The van der Waals surface area contributed by atoms with Gasteiger partial charge in [-0.15, -0.1) is 29.8 Å². The molecule has 3 aliphatic heterocycles. The van der Waals surface area contributed by atoms with Crippen LogP contribution in [0.15, 0.2) is 16.6 Å². The van der Waals surface area contributed by atoms with Gasteiger partial charge in [0, 0.05) is 0 Å². The van der Waals surface area contributed by atoms with Crippen molar-refractivity contribution in [3.8, 4) is 0 Å². The van der Waals surface area contributed by atoms with E-state index in [1.807, 2.05) is 12.3 Å². The van der Waals surface area contributed by atoms with E-state index in [4.69, 9.17) is 0 Å². The van der Waals surface area contributed by atoms with E-state index in [-0.39, 0.29) is 36.8 Å². The van der Waals surface area contributed by atoms with Crippen molar-refractivity contribution in [2.24, 2.45) is 16.8 Å². The Kier molecular flexibility index (Phi) is 6.28. The topological polar surface area (TPSA) is 64.8 Å². The predicted octanol–water partition coefficient (Wildman–Crippen LogP) is 1.09. The first kappa shape index (κ1) is 18.8. The molecule has 3 heterocycles. The summed E-state index contributed by atoms with van der Waals surface area (Å²) in [4.78, 5) is 29.7. The Hall–Kier alpha value is -1.24. The van der Waals surface area contributed by atoms with Crippen molar-refractivity contribution in [3.63, 3.8) is 0 Å². The van der Waals surface area contributed by atoms with Crippen LogP contribution in [0.5, 0.6) is 0 Å². The zero-order chi connectivity index (χ0) is 14.3. The molecule has 122 valence electrons. The van der Waals surface area contributed by atoms with Gasteiger partial charge >= 0.3 is 11.9 Å². The second-order valence-electron chi connectivity index (χ2n) is 5.52. The number of nitrogens with zero attached hydrogens (tertiary/aromatic N) is 3. The van der Waals surface area contributed by atoms with Crippen LogP contribution in [-0.2, 0) is 4.79 Å². The molecule has 6 nitrogen and oxygen atoms in total. The Morgan fingerprint density at radius 2 is 1.91 bits per heavy atom. The van der Waals surface area contributed by atoms with Crippen LogP contribution < -0.4 is 5.32 Å². The molecule has 0 spiro atoms. The summed E-state index contributed by atoms with van der Waals surface area (Å²) >= 11 is 0. The number of aliphatic imine (C=N–C) groups is 1. The van der Waals surface area contributed by atoms with Crippen molar-refractivity contribution in [1.29, 1.82) is 0 Å². The number of amidine groups is 1. The highest BCUT2D eigenvalue weighted by molar-refractivity contribution is 6.15. The van der Waals surface area contributed by atoms with Gasteiger partial charge in [0.1, 0.15) is 6.21 Å². The van der Waals surface area contributed by atoms with Crippen LogP contribution in [-0.4, -0.2) is 60.6 Å². The lowest BCUT2D eigenvalue weighted by atomic mass is 9.86. The number of nitrogens with one attached hydrogen (secondary N) is 1. The van der Waals surface area contributed by atoms with Gasteiger partial charge < -0.3 is 5.32 Å². The molecule has 22 heavy (non-hydrogen) atoms. The van der Waals surface area contributed by atoms with Crippen molar-refractivity contribution >= 4 is 48.8 Å². The standard InChI is InChI=1S/C14H19N4O2.2ClH/c1-17-12-11(13(19)18(2)14(17)20)7-10(8-16-12)9-3-5-15-6-4-9;;/h7-9,11,15H,3-6H2,1-2H3;2*1H/q+1;;. The number of hydrogen-bond donors (Lipinski definition) is 1. The summed E-state index contributed by atoms with van der Waals surface area (Å²) in [6.45, 7) is 2.01. The van der Waals surface area contributed by atoms with Crippen LogP contribution in [0.2, 0.25) is 0 Å². The van der Waals surface area contributed by atoms with E-state index in [0.29, 0.717) is 11.8 Å². The summed E-state index contributed by atoms with van der Waals surface area (Å²) in [6.07, 6.45) is 5.95. The Morgan fingerprint density at radius 3 is 2.55 bits per heavy atom. The summed E-state index contributed by atoms with van der Waals surface area (Å²) < 4.78 is 1.46. The molecule has 1 unspecified atom stereocenters. The molecule has 1 N–H and O–H groups in total. The van der Waals surface area contributed by atoms with Crippen LogP contribution in [0.1, 0.15) is 12.8 Å². The van der Waals surface area contributed by atoms with E-state index in [1.54, 1.807) is 7.05 Å². The van der Waals surface area contributed by atoms with Crippen LogP contribution in [0.25, 0.3) is 0 Å². The molecule has 3 aliphatic rings. The first-order valence-electron chi connectivity index (χ1n) is 6.98. The number of allylic oxidation sites excluding steroid dienone is 1. The molecular weight excluding hydrogens is 327 g/mol. The third-order valence-electron chi connectivity index (χ3n) is 4.31. The van der Waals surface area contributed by atoms with E-state index < -0.39 is 5.92 Å². The number of urea groups is 1. The summed E-state index contributed by atoms with van der Waals surface area (Å²) in [5.41, 5.74) is 1.13. The number of carbonyl (C=O) groups excluding carboxylic acids is 2. The molecule has 0 saturated carbocycles. The van der Waals surface area contributed by atoms with Crippen LogP contribution >= 0.6 is 24.8 Å². The number of fused-ring (bicyclic) bond motifs is 1. The maximum Gasteiger partial charge on any atom is 0.445 e. The van der Waals surface area contributed by atoms with E-state index in [9.17, 15) is 9.59 Å². The number of rotatable bonds is 1. The maximum absolute atomic E-state index is 12.3. The van der Waals surface area contributed by atoms with Gasteiger partial charge in [-0.2, -0.15) is 9.48 Å². The first-order valence-corrected chi connectivity index (χ1v) is 6.98. The molecule has 0 aromatic heterocycles. The lowest BCUT2D eigenvalue weighted by molar-refractivity contribution is -0.407. The van der Waals surface area contributed by atoms with Crippen molar-refractivity contribution in [2.45, 2.75) is 12.8 Å². The predicted molar refractivity (Wildman–Crippen MR) is 89.5 cm³/mol. The number of amides is 3. The molecular formula is C14H21Cl2N4O2+. The molecule has 0 aromatic rings. The summed E-state index contributed by atoms with van der Waals surface area (Å²) in [7, 11) is 3.18. The van der Waals surface area contributed by atoms with E-state index in [1.165, 1.54) is 16.5 Å². The van der Waals surface area contributed by atoms with Crippen LogP contribution in [0, 0.1) is 11.8 Å². The molecule has 1 atom stereocenters. The highest BCUT2D eigenvalue weighted by Crippen LogP contribution is 2.26. The minimum absolute atomic E-state index is 0. The molecule has 0 aliphatic carbocycles. The van der Waals surface area contributed by atoms with Crippen molar-refractivity contribution in [2.75, 3.05) is 27.2 Å². The van der Waals surface area contributed by atoms with Gasteiger partial charge in [-0.1, -0.05) is 6.08 Å². The Morgan fingerprint density at radius 1 is 1.27 bits per heavy atom. The van der Waals surface area contributed by atoms with Gasteiger partial charge in [-0.25, -0.2) is 4.79 Å². The van der Waals surface area contributed by atoms with Crippen molar-refractivity contribution in [1.82, 2.24) is 10.2 Å². The largest absolute Gasteiger partial charge is 0.445 e. The molecule has 0 radical (unpaired) electrons. The van der Waals surface area contributed by atoms with E-state index >= 15 is 0 Å². The highest BCUT2D eigenvalue weighted by Gasteiger charge is 2.44. The van der Waals surface area contributed by atoms with Gasteiger partial charge in [0.2, 0.25) is 0 Å². The number of carbonyl (C=O) groups is 2. The fourth-order valence-corrected chi connectivity index (χ4v) is 3.03. The number of dihydropyridines is 1. The smallest absolute Gasteiger partial charge is 0.317 e. The van der Waals surface area contributed by atoms with Gasteiger partial charge in [0.15, 0.2) is 5.92 Å². The van der Waals surface area contributed by atoms with Crippen LogP contribution in [0.3, 0.4) is 0 Å². The molecule has 1 saturated heterocycles. The number of imide groups is 1. The quantitative estimate of drug-likeness (QED) is 0.722. The average Bonchev–Trinajstić information content (AvgIpc) is 2.51. The average molecular weight is 348 g/mol. The molecule has 3 rings (SSSR count). The van der Waals surface area contributed by atoms with Crippen LogP contribution in [0.4, 0.5) is 4.79 Å². The fraction of sp³-hybridized carbons (Fsp3) is 0.571. The summed E-state index contributed by atoms with van der Waals surface area (Å²) in [6, 6.07) is -0.322. The molecule has 1 fully saturated rings. The minimum Gasteiger partial charge on any atom is -0.317 e. The highest BCUT2D eigenvalue weighted by atomic mass is 35.5. The normalized spacial score (nSPS) is 25.3. The molecule has 0 aromatic carbocycles. The number of piperidine rings is 1. The fourth-order valence-electron chi connectivity index (χ4n) is 3.03. The lowest BCUT2D eigenvalue weighted by Crippen LogP contribution is -2.52. The second-order valence-corrected chi connectivity index (χ2v) is 5.52. The monoisotopic (exact) mass is 347 g/mol. The van der Waals surface area contributed by atoms with E-state index in [2.05, 4.69) is 10.3 Å². The second kappa shape index (κ2) is 7.35. The molecule has 8 heteroatoms. The van der Waals surface area contributed by atoms with Gasteiger partial charge in [0.05, 0.1) is 14.1 Å².